The van der Waals surface area contributed by atoms with Crippen molar-refractivity contribution in [1.82, 2.24) is 9.80 Å². The number of nitrogens with zero attached hydrogens (tertiary/aromatic N) is 4. The summed E-state index contributed by atoms with van der Waals surface area (Å²) in [5.74, 6) is -6.01. The van der Waals surface area contributed by atoms with Gasteiger partial charge in [0.1, 0.15) is 5.41 Å². The molecule has 0 aliphatic carbocycles. The Morgan fingerprint density at radius 1 is 0.583 bits per heavy atom. The molecular formula is C72H73F9N4O11. The number of carbonyl (C=O) groups excluding carboxylic acids is 7. The van der Waals surface area contributed by atoms with Crippen LogP contribution in [0.2, 0.25) is 0 Å². The first kappa shape index (κ1) is 71.6. The number of aryl methyl sites for hydroxylation is 2. The number of alkyl halides is 9. The highest BCUT2D eigenvalue weighted by molar-refractivity contribution is 6.34. The minimum atomic E-state index is -6.31. The second kappa shape index (κ2) is 23.8. The Balaban J connectivity index is 1.05. The van der Waals surface area contributed by atoms with Crippen LogP contribution in [-0.4, -0.2) is 117 Å². The molecule has 0 spiro atoms. The number of aliphatic hydroxyl groups excluding tert-OH is 3. The second-order valence-electron chi connectivity index (χ2n) is 28.0. The number of aldehydes is 1. The molecule has 0 fully saturated rings. The molecular weight excluding hydrogens is 1270 g/mol. The van der Waals surface area contributed by atoms with E-state index in [1.807, 2.05) is 0 Å². The summed E-state index contributed by atoms with van der Waals surface area (Å²) in [6, 6.07) is 15.1. The van der Waals surface area contributed by atoms with Gasteiger partial charge in [-0.3, -0.25) is 33.7 Å². The van der Waals surface area contributed by atoms with Crippen molar-refractivity contribution >= 4 is 53.2 Å². The number of anilines is 2. The van der Waals surface area contributed by atoms with Crippen LogP contribution in [0.4, 0.5) is 50.9 Å². The summed E-state index contributed by atoms with van der Waals surface area (Å²) in [5.41, 5.74) is -17.6. The summed E-state index contributed by atoms with van der Waals surface area (Å²) in [5, 5.41) is 32.3. The van der Waals surface area contributed by atoms with Crippen LogP contribution in [0.15, 0.2) is 97.1 Å². The van der Waals surface area contributed by atoms with Crippen molar-refractivity contribution < 1.29 is 93.1 Å². The van der Waals surface area contributed by atoms with Gasteiger partial charge in [-0.1, -0.05) is 77.1 Å². The summed E-state index contributed by atoms with van der Waals surface area (Å²) in [6.45, 7) is 22.2. The maximum Gasteiger partial charge on any atom is 0.411 e. The number of amides is 5. The molecule has 5 amide bonds. The number of ether oxygens (including phenoxy) is 1. The Kier molecular flexibility index (Phi) is 17.8. The number of rotatable bonds is 15. The van der Waals surface area contributed by atoms with Crippen molar-refractivity contribution in [1.29, 1.82) is 0 Å². The molecule has 6 aromatic carbocycles. The van der Waals surface area contributed by atoms with Gasteiger partial charge in [0, 0.05) is 64.4 Å². The molecule has 24 heteroatoms. The number of esters is 1. The Labute approximate surface area is 548 Å². The Morgan fingerprint density at radius 3 is 1.64 bits per heavy atom. The molecule has 0 saturated heterocycles. The number of hydrogen-bond acceptors (Lipinski definition) is 11. The van der Waals surface area contributed by atoms with Gasteiger partial charge < -0.3 is 29.9 Å². The third kappa shape index (κ3) is 11.0. The van der Waals surface area contributed by atoms with Crippen LogP contribution >= 0.6 is 0 Å². The highest BCUT2D eigenvalue weighted by Gasteiger charge is 2.73. The summed E-state index contributed by atoms with van der Waals surface area (Å²) in [6.07, 6.45) is -20.9. The zero-order valence-electron chi connectivity index (χ0n) is 55.4. The lowest BCUT2D eigenvalue weighted by Crippen LogP contribution is -2.57. The third-order valence-corrected chi connectivity index (χ3v) is 19.8. The number of imide groups is 1. The second-order valence-corrected chi connectivity index (χ2v) is 28.0. The smallest absolute Gasteiger partial charge is 0.411 e. The van der Waals surface area contributed by atoms with Gasteiger partial charge in [-0.25, -0.2) is 9.69 Å². The van der Waals surface area contributed by atoms with Crippen molar-refractivity contribution in [3.8, 4) is 0 Å². The topological polar surface area (TPSA) is 202 Å². The van der Waals surface area contributed by atoms with Gasteiger partial charge >= 0.3 is 24.5 Å². The fraction of sp³-hybridized carbons (Fsp3) is 0.403. The van der Waals surface area contributed by atoms with E-state index in [2.05, 4.69) is 0 Å². The summed E-state index contributed by atoms with van der Waals surface area (Å²) < 4.78 is 148. The van der Waals surface area contributed by atoms with Gasteiger partial charge in [-0.2, -0.15) is 39.5 Å². The van der Waals surface area contributed by atoms with Crippen LogP contribution in [0.3, 0.4) is 0 Å². The summed E-state index contributed by atoms with van der Waals surface area (Å²) in [7, 11) is 1.29. The minimum Gasteiger partial charge on any atom is -0.462 e. The largest absolute Gasteiger partial charge is 0.462 e. The van der Waals surface area contributed by atoms with Crippen molar-refractivity contribution in [2.24, 2.45) is 0 Å². The molecule has 3 aliphatic heterocycles. The molecule has 6 aromatic rings. The van der Waals surface area contributed by atoms with Crippen molar-refractivity contribution in [2.75, 3.05) is 30.1 Å². The van der Waals surface area contributed by atoms with Gasteiger partial charge in [0.25, 0.3) is 29.5 Å². The van der Waals surface area contributed by atoms with E-state index in [0.29, 0.717) is 63.0 Å². The van der Waals surface area contributed by atoms with Gasteiger partial charge in [0.05, 0.1) is 40.2 Å². The first-order chi connectivity index (χ1) is 44.1. The third-order valence-electron chi connectivity index (χ3n) is 19.8. The molecule has 510 valence electrons. The number of halogens is 9. The van der Waals surface area contributed by atoms with E-state index in [0.717, 1.165) is 52.0 Å². The Morgan fingerprint density at radius 2 is 1.10 bits per heavy atom. The maximum atomic E-state index is 15.9. The lowest BCUT2D eigenvalue weighted by atomic mass is 9.65. The molecule has 3 aliphatic rings. The molecule has 3 N–H and O–H groups in total. The zero-order valence-corrected chi connectivity index (χ0v) is 55.4. The summed E-state index contributed by atoms with van der Waals surface area (Å²) in [4.78, 5) is 102. The Bertz CT molecular complexity index is 4260. The quantitative estimate of drug-likeness (QED) is 0.0290. The number of benzene rings is 6. The number of hydrogen-bond donors (Lipinski definition) is 3. The lowest BCUT2D eigenvalue weighted by molar-refractivity contribution is -0.288. The minimum absolute atomic E-state index is 0.0378. The molecule has 3 unspecified atom stereocenters. The van der Waals surface area contributed by atoms with Gasteiger partial charge in [-0.05, 0) is 172 Å². The van der Waals surface area contributed by atoms with Crippen LogP contribution < -0.4 is 9.80 Å². The normalized spacial score (nSPS) is 17.1. The van der Waals surface area contributed by atoms with Crippen molar-refractivity contribution in [3.05, 3.63) is 197 Å². The number of carbonyl (C=O) groups is 7. The highest BCUT2D eigenvalue weighted by atomic mass is 19.4. The molecule has 0 radical (unpaired) electrons. The number of likely N-dealkylation sites (N-methyl/N-ethyl adjacent to an activating group) is 1. The van der Waals surface area contributed by atoms with Gasteiger partial charge in [0.2, 0.25) is 5.41 Å². The van der Waals surface area contributed by atoms with E-state index in [9.17, 15) is 48.9 Å². The van der Waals surface area contributed by atoms with Crippen molar-refractivity contribution in [2.45, 2.75) is 167 Å². The molecule has 3 atom stereocenters. The average Bonchev–Trinajstić information content (AvgIpc) is 1.03. The maximum absolute atomic E-state index is 15.9. The van der Waals surface area contributed by atoms with Crippen LogP contribution in [0.1, 0.15) is 229 Å². The molecule has 0 aromatic heterocycles. The predicted octanol–water partition coefficient (Wildman–Crippen LogP) is 14.1. The SMILES string of the molecule is Cc1cc(C)c(C(C)(C)C(C)(C)N(C)C(=O)c2ccc(C(c3ccc4c(c3)C(=O)N(c3cc(C(=O)OCCCO)cc(C(C)(C)C)c3)C4=O)(C(F)(F)F)C(F)(F)F)cc2C=O)c(C)c1N1C(=O)c2cc(C(C)(c3ccc4c(c3)C(=O)N(C(C)(C)C)C4O)C(F)(F)F)ccc2C1O. The molecule has 3 heterocycles. The van der Waals surface area contributed by atoms with E-state index in [4.69, 9.17) is 4.74 Å². The number of fused-ring (bicyclic) bond motifs is 3. The lowest BCUT2D eigenvalue weighted by Gasteiger charge is -2.50. The Hall–Kier alpha value is -8.74. The van der Waals surface area contributed by atoms with Crippen LogP contribution in [-0.2, 0) is 26.4 Å². The molecule has 0 bridgehead atoms. The molecule has 9 rings (SSSR count). The van der Waals surface area contributed by atoms with Crippen LogP contribution in [0, 0.1) is 20.8 Å². The van der Waals surface area contributed by atoms with E-state index < -0.39 is 138 Å². The monoisotopic (exact) mass is 1340 g/mol. The first-order valence-electron chi connectivity index (χ1n) is 30.6. The van der Waals surface area contributed by atoms with E-state index >= 15 is 39.5 Å². The summed E-state index contributed by atoms with van der Waals surface area (Å²) >= 11 is 0. The van der Waals surface area contributed by atoms with Crippen LogP contribution in [0.5, 0.6) is 0 Å². The zero-order chi connectivity index (χ0) is 71.8. The van der Waals surface area contributed by atoms with E-state index in [-0.39, 0.29) is 76.7 Å². The van der Waals surface area contributed by atoms with Gasteiger partial charge in [-0.15, -0.1) is 0 Å². The standard InChI is InChI=1S/C72H73F9N4O11/c1-36-27-37(2)55(84-58(90)49-22-17-41(32-51(49)60(84)92)68(14,70(73,74)75)42-18-23-50-53(33-42)62(94)85(61(50)93)65(7,8)9)38(3)54(36)66(10,11)67(12,13)82(15)56(88)47-21-19-43(29-40(47)35-87)69(71(76,77)78,72(79,80)81)44-20-24-48-52(34-44)59(91)83(57(48)89)46-30-39(63(95)96-26-16-25-86)28-45(31-46)64(4,5)6/h17-24,27-35,58,61,86,90,93H,16,25-26H2,1-15H3. The molecule has 96 heavy (non-hydrogen) atoms. The fourth-order valence-electron chi connectivity index (χ4n) is 13.8. The predicted molar refractivity (Wildman–Crippen MR) is 337 cm³/mol. The van der Waals surface area contributed by atoms with Crippen molar-refractivity contribution in [3.63, 3.8) is 0 Å². The van der Waals surface area contributed by atoms with E-state index in [1.165, 1.54) is 31.3 Å². The number of aliphatic hydroxyl groups is 3. The highest BCUT2D eigenvalue weighted by Crippen LogP contribution is 2.58. The van der Waals surface area contributed by atoms with Gasteiger partial charge in [0.15, 0.2) is 18.7 Å². The fourth-order valence-corrected chi connectivity index (χ4v) is 13.8. The van der Waals surface area contributed by atoms with Crippen LogP contribution in [0.25, 0.3) is 0 Å². The van der Waals surface area contributed by atoms with E-state index in [1.54, 1.807) is 96.1 Å². The first-order valence-corrected chi connectivity index (χ1v) is 30.6. The molecule has 15 nitrogen and oxygen atoms in total. The molecule has 0 saturated carbocycles. The average molecular weight is 1340 g/mol.